The number of piperidine rings is 1. The third-order valence-electron chi connectivity index (χ3n) is 8.69. The topological polar surface area (TPSA) is 89.2 Å². The first kappa shape index (κ1) is 22.0. The predicted octanol–water partition coefficient (Wildman–Crippen LogP) is 0.573. The molecular formula is C23H41FN6O. The van der Waals surface area contributed by atoms with Crippen LogP contribution in [0.2, 0.25) is 0 Å². The van der Waals surface area contributed by atoms with Gasteiger partial charge in [-0.05, 0) is 76.3 Å². The van der Waals surface area contributed by atoms with E-state index in [-0.39, 0.29) is 36.2 Å². The first-order valence-corrected chi connectivity index (χ1v) is 12.7. The summed E-state index contributed by atoms with van der Waals surface area (Å²) in [5.41, 5.74) is 0. The molecule has 0 spiro atoms. The molecule has 0 radical (unpaired) electrons. The van der Waals surface area contributed by atoms with Crippen LogP contribution in [0.3, 0.4) is 0 Å². The molecule has 1 amide bonds. The van der Waals surface area contributed by atoms with Crippen LogP contribution in [0.25, 0.3) is 0 Å². The zero-order chi connectivity index (χ0) is 21.4. The molecule has 5 aliphatic rings. The van der Waals surface area contributed by atoms with E-state index in [0.717, 1.165) is 45.3 Å². The first-order valence-electron chi connectivity index (χ1n) is 12.7. The lowest BCUT2D eigenvalue weighted by molar-refractivity contribution is -0.124. The molecule has 3 aliphatic heterocycles. The van der Waals surface area contributed by atoms with Gasteiger partial charge in [-0.25, -0.2) is 4.39 Å². The van der Waals surface area contributed by atoms with Crippen LogP contribution in [-0.2, 0) is 4.79 Å². The molecule has 5 rings (SSSR count). The Morgan fingerprint density at radius 1 is 0.968 bits per heavy atom. The van der Waals surface area contributed by atoms with Crippen molar-refractivity contribution in [1.82, 2.24) is 31.9 Å². The second-order valence-electron chi connectivity index (χ2n) is 10.8. The van der Waals surface area contributed by atoms with Gasteiger partial charge in [0.2, 0.25) is 5.91 Å². The van der Waals surface area contributed by atoms with E-state index in [0.29, 0.717) is 36.8 Å². The summed E-state index contributed by atoms with van der Waals surface area (Å²) >= 11 is 0. The fourth-order valence-electron chi connectivity index (χ4n) is 6.82. The summed E-state index contributed by atoms with van der Waals surface area (Å²) in [5, 5.41) is 21.3. The third kappa shape index (κ3) is 4.93. The number of hydrogen-bond donors (Lipinski definition) is 6. The van der Waals surface area contributed by atoms with Gasteiger partial charge < -0.3 is 16.0 Å². The molecule has 31 heavy (non-hydrogen) atoms. The highest BCUT2D eigenvalue weighted by Crippen LogP contribution is 2.38. The lowest BCUT2D eigenvalue weighted by Crippen LogP contribution is -2.67. The highest BCUT2D eigenvalue weighted by molar-refractivity contribution is 5.82. The van der Waals surface area contributed by atoms with Gasteiger partial charge in [-0.15, -0.1) is 0 Å². The van der Waals surface area contributed by atoms with Crippen molar-refractivity contribution in [3.8, 4) is 0 Å². The molecule has 176 valence electrons. The first-order chi connectivity index (χ1) is 15.1. The maximum absolute atomic E-state index is 14.4. The molecule has 9 unspecified atom stereocenters. The number of hydrogen-bond acceptors (Lipinski definition) is 6. The Labute approximate surface area is 185 Å². The summed E-state index contributed by atoms with van der Waals surface area (Å²) < 4.78 is 14.4. The van der Waals surface area contributed by atoms with Gasteiger partial charge >= 0.3 is 0 Å². The van der Waals surface area contributed by atoms with E-state index in [1.165, 1.54) is 12.8 Å². The van der Waals surface area contributed by atoms with E-state index in [4.69, 9.17) is 0 Å². The number of alkyl halides is 1. The Morgan fingerprint density at radius 3 is 2.61 bits per heavy atom. The molecule has 6 N–H and O–H groups in total. The number of amides is 1. The fourth-order valence-corrected chi connectivity index (χ4v) is 6.82. The Bertz CT molecular complexity index is 613. The van der Waals surface area contributed by atoms with Crippen LogP contribution < -0.4 is 31.9 Å². The van der Waals surface area contributed by atoms with Crippen molar-refractivity contribution in [1.29, 1.82) is 0 Å². The van der Waals surface area contributed by atoms with Crippen molar-refractivity contribution < 1.29 is 9.18 Å². The van der Waals surface area contributed by atoms with Crippen molar-refractivity contribution in [3.63, 3.8) is 0 Å². The Balaban J connectivity index is 1.08. The van der Waals surface area contributed by atoms with Crippen molar-refractivity contribution in [2.24, 2.45) is 17.8 Å². The second kappa shape index (κ2) is 9.59. The van der Waals surface area contributed by atoms with Gasteiger partial charge in [0.15, 0.2) is 0 Å². The molecule has 7 nitrogen and oxygen atoms in total. The zero-order valence-electron chi connectivity index (χ0n) is 18.8. The predicted molar refractivity (Wildman–Crippen MR) is 119 cm³/mol. The maximum atomic E-state index is 14.4. The van der Waals surface area contributed by atoms with Crippen LogP contribution >= 0.6 is 0 Å². The highest BCUT2D eigenvalue weighted by atomic mass is 19.1. The van der Waals surface area contributed by atoms with Crippen molar-refractivity contribution >= 4 is 5.91 Å². The number of halogens is 1. The second-order valence-corrected chi connectivity index (χ2v) is 10.8. The SMILES string of the molecule is CC1CCC(F)C2CC(C(=O)NC3CCC4NC(NC5CCNCC5)NCC4C3)NC12. The number of carbonyl (C=O) groups excluding carboxylic acids is 1. The van der Waals surface area contributed by atoms with Gasteiger partial charge in [-0.3, -0.25) is 20.7 Å². The maximum Gasteiger partial charge on any atom is 0.237 e. The Hall–Kier alpha value is -0.800. The minimum atomic E-state index is -0.757. The van der Waals surface area contributed by atoms with E-state index in [1.54, 1.807) is 0 Å². The number of carbonyl (C=O) groups is 1. The molecule has 0 bridgehead atoms. The molecule has 9 atom stereocenters. The molecular weight excluding hydrogens is 395 g/mol. The molecule has 3 heterocycles. The standard InChI is InChI=1S/C23H41FN6O/c1-13-2-4-18(24)17-11-20(29-21(13)17)22(31)27-16-3-5-19-14(10-16)12-26-23(30-19)28-15-6-8-25-9-7-15/h13-21,23,25-26,28-30H,2-12H2,1H3,(H,27,31). The zero-order valence-corrected chi connectivity index (χ0v) is 18.8. The Kier molecular flexibility index (Phi) is 6.81. The summed E-state index contributed by atoms with van der Waals surface area (Å²) in [6, 6.07) is 1.25. The molecule has 2 aliphatic carbocycles. The van der Waals surface area contributed by atoms with E-state index in [9.17, 15) is 9.18 Å². The van der Waals surface area contributed by atoms with Gasteiger partial charge in [-0.1, -0.05) is 6.92 Å². The highest BCUT2D eigenvalue weighted by Gasteiger charge is 2.46. The monoisotopic (exact) mass is 436 g/mol. The number of nitrogens with one attached hydrogen (secondary N) is 6. The van der Waals surface area contributed by atoms with Crippen molar-refractivity contribution in [3.05, 3.63) is 0 Å². The van der Waals surface area contributed by atoms with Gasteiger partial charge in [0.05, 0.1) is 6.04 Å². The molecule has 0 aromatic rings. The summed E-state index contributed by atoms with van der Waals surface area (Å²) in [6.07, 6.45) is 7.13. The van der Waals surface area contributed by atoms with Crippen LogP contribution in [0.4, 0.5) is 4.39 Å². The lowest BCUT2D eigenvalue weighted by atomic mass is 9.77. The van der Waals surface area contributed by atoms with E-state index in [1.807, 2.05) is 0 Å². The quantitative estimate of drug-likeness (QED) is 0.386. The summed E-state index contributed by atoms with van der Waals surface area (Å²) in [7, 11) is 0. The summed E-state index contributed by atoms with van der Waals surface area (Å²) in [6.45, 7) is 5.37. The van der Waals surface area contributed by atoms with E-state index in [2.05, 4.69) is 38.8 Å². The number of rotatable bonds is 4. The lowest BCUT2D eigenvalue weighted by Gasteiger charge is -2.45. The van der Waals surface area contributed by atoms with Crippen molar-refractivity contribution in [2.45, 2.75) is 101 Å². The van der Waals surface area contributed by atoms with Crippen LogP contribution in [0.15, 0.2) is 0 Å². The summed E-state index contributed by atoms with van der Waals surface area (Å²) in [4.78, 5) is 13.0. The Morgan fingerprint density at radius 2 is 1.81 bits per heavy atom. The van der Waals surface area contributed by atoms with Gasteiger partial charge in [-0.2, -0.15) is 0 Å². The molecule has 5 fully saturated rings. The molecule has 0 aromatic carbocycles. The van der Waals surface area contributed by atoms with Gasteiger partial charge in [0.1, 0.15) is 12.5 Å². The molecule has 8 heteroatoms. The van der Waals surface area contributed by atoms with Crippen LogP contribution in [0, 0.1) is 17.8 Å². The van der Waals surface area contributed by atoms with Crippen LogP contribution in [0.1, 0.15) is 58.3 Å². The average molecular weight is 437 g/mol. The van der Waals surface area contributed by atoms with Crippen LogP contribution in [0.5, 0.6) is 0 Å². The largest absolute Gasteiger partial charge is 0.352 e. The van der Waals surface area contributed by atoms with E-state index >= 15 is 0 Å². The van der Waals surface area contributed by atoms with Gasteiger partial charge in [0, 0.05) is 36.6 Å². The smallest absolute Gasteiger partial charge is 0.237 e. The molecule has 2 saturated carbocycles. The minimum absolute atomic E-state index is 0.00589. The molecule has 3 saturated heterocycles. The normalized spacial score (nSPS) is 46.2. The van der Waals surface area contributed by atoms with Gasteiger partial charge in [0.25, 0.3) is 0 Å². The molecule has 0 aromatic heterocycles. The van der Waals surface area contributed by atoms with E-state index < -0.39 is 6.17 Å². The average Bonchev–Trinajstić information content (AvgIpc) is 3.24. The minimum Gasteiger partial charge on any atom is -0.352 e. The fraction of sp³-hybridized carbons (Fsp3) is 0.957. The summed E-state index contributed by atoms with van der Waals surface area (Å²) in [5.74, 6) is 1.08. The third-order valence-corrected chi connectivity index (χ3v) is 8.69. The van der Waals surface area contributed by atoms with Crippen LogP contribution in [-0.4, -0.2) is 68.2 Å². The number of fused-ring (bicyclic) bond motifs is 2. The van der Waals surface area contributed by atoms with Crippen molar-refractivity contribution in [2.75, 3.05) is 19.6 Å².